The second kappa shape index (κ2) is 6.66. The van der Waals surface area contributed by atoms with Gasteiger partial charge in [-0.25, -0.2) is 8.78 Å². The molecule has 12 heavy (non-hydrogen) atoms. The molecule has 0 bridgehead atoms. The van der Waals surface area contributed by atoms with Gasteiger partial charge in [-0.15, -0.1) is 11.8 Å². The van der Waals surface area contributed by atoms with Gasteiger partial charge in [-0.3, -0.25) is 0 Å². The van der Waals surface area contributed by atoms with E-state index in [0.717, 1.165) is 12.2 Å². The number of unbranched alkanes of at least 4 members (excludes halogenated alkanes) is 1. The molecule has 0 spiro atoms. The van der Waals surface area contributed by atoms with Crippen LogP contribution in [0.4, 0.5) is 8.78 Å². The molecule has 0 saturated heterocycles. The molecular weight excluding hydrogens is 180 g/mol. The SMILES string of the molecule is CCC(F)(F)CCCCSCN. The summed E-state index contributed by atoms with van der Waals surface area (Å²) in [6.45, 7) is 1.52. The van der Waals surface area contributed by atoms with Gasteiger partial charge < -0.3 is 5.73 Å². The Labute approximate surface area is 77.1 Å². The van der Waals surface area contributed by atoms with Crippen molar-refractivity contribution in [2.24, 2.45) is 5.73 Å². The molecule has 0 unspecified atom stereocenters. The van der Waals surface area contributed by atoms with Crippen molar-refractivity contribution < 1.29 is 8.78 Å². The van der Waals surface area contributed by atoms with E-state index in [0.29, 0.717) is 12.3 Å². The Kier molecular flexibility index (Phi) is 6.76. The molecular formula is C8H17F2NS. The van der Waals surface area contributed by atoms with Gasteiger partial charge in [0.2, 0.25) is 5.92 Å². The van der Waals surface area contributed by atoms with Crippen LogP contribution >= 0.6 is 11.8 Å². The van der Waals surface area contributed by atoms with Crippen molar-refractivity contribution >= 4 is 11.8 Å². The molecule has 1 nitrogen and oxygen atoms in total. The fourth-order valence-electron chi connectivity index (χ4n) is 0.848. The van der Waals surface area contributed by atoms with Gasteiger partial charge in [-0.1, -0.05) is 6.92 Å². The van der Waals surface area contributed by atoms with Crippen molar-refractivity contribution in [2.75, 3.05) is 11.6 Å². The number of hydrogen-bond donors (Lipinski definition) is 1. The highest BCUT2D eigenvalue weighted by atomic mass is 32.2. The Morgan fingerprint density at radius 3 is 2.50 bits per heavy atom. The first-order chi connectivity index (χ1) is 5.62. The Balaban J connectivity index is 3.19. The van der Waals surface area contributed by atoms with E-state index >= 15 is 0 Å². The maximum atomic E-state index is 12.6. The van der Waals surface area contributed by atoms with E-state index in [1.807, 2.05) is 0 Å². The van der Waals surface area contributed by atoms with Crippen LogP contribution in [0.25, 0.3) is 0 Å². The summed E-state index contributed by atoms with van der Waals surface area (Å²) in [5.74, 6) is -0.964. The van der Waals surface area contributed by atoms with Crippen LogP contribution in [-0.2, 0) is 0 Å². The van der Waals surface area contributed by atoms with Gasteiger partial charge in [0.25, 0.3) is 0 Å². The number of nitrogens with two attached hydrogens (primary N) is 1. The Hall–Kier alpha value is 0.170. The van der Waals surface area contributed by atoms with Gasteiger partial charge in [0, 0.05) is 18.7 Å². The van der Waals surface area contributed by atoms with E-state index < -0.39 is 5.92 Å². The second-order valence-corrected chi connectivity index (χ2v) is 3.89. The van der Waals surface area contributed by atoms with Crippen LogP contribution in [0.15, 0.2) is 0 Å². The molecule has 0 fully saturated rings. The molecule has 0 aliphatic rings. The Morgan fingerprint density at radius 2 is 2.00 bits per heavy atom. The lowest BCUT2D eigenvalue weighted by Gasteiger charge is -2.12. The predicted molar refractivity (Wildman–Crippen MR) is 50.6 cm³/mol. The summed E-state index contributed by atoms with van der Waals surface area (Å²) in [5, 5.41) is 0. The summed E-state index contributed by atoms with van der Waals surface area (Å²) in [5.41, 5.74) is 5.24. The van der Waals surface area contributed by atoms with Gasteiger partial charge >= 0.3 is 0 Å². The normalized spacial score (nSPS) is 12.0. The van der Waals surface area contributed by atoms with Crippen LogP contribution in [0.3, 0.4) is 0 Å². The van der Waals surface area contributed by atoms with Crippen LogP contribution < -0.4 is 5.73 Å². The van der Waals surface area contributed by atoms with Gasteiger partial charge in [-0.2, -0.15) is 0 Å². The minimum Gasteiger partial charge on any atom is -0.322 e. The predicted octanol–water partition coefficient (Wildman–Crippen LogP) is 2.85. The van der Waals surface area contributed by atoms with Gasteiger partial charge in [0.1, 0.15) is 0 Å². The van der Waals surface area contributed by atoms with E-state index in [9.17, 15) is 8.78 Å². The smallest absolute Gasteiger partial charge is 0.247 e. The van der Waals surface area contributed by atoms with E-state index in [2.05, 4.69) is 0 Å². The van der Waals surface area contributed by atoms with Crippen LogP contribution in [0.2, 0.25) is 0 Å². The quantitative estimate of drug-likeness (QED) is 0.501. The number of hydrogen-bond acceptors (Lipinski definition) is 2. The number of alkyl halides is 2. The Morgan fingerprint density at radius 1 is 1.33 bits per heavy atom. The first-order valence-electron chi connectivity index (χ1n) is 4.28. The van der Waals surface area contributed by atoms with Crippen LogP contribution in [0, 0.1) is 0 Å². The number of thioether (sulfide) groups is 1. The largest absolute Gasteiger partial charge is 0.322 e. The maximum absolute atomic E-state index is 12.6. The lowest BCUT2D eigenvalue weighted by atomic mass is 10.1. The molecule has 74 valence electrons. The lowest BCUT2D eigenvalue weighted by molar-refractivity contribution is -0.0132. The van der Waals surface area contributed by atoms with Crippen molar-refractivity contribution in [3.05, 3.63) is 0 Å². The zero-order valence-corrected chi connectivity index (χ0v) is 8.30. The van der Waals surface area contributed by atoms with E-state index in [1.165, 1.54) is 6.92 Å². The highest BCUT2D eigenvalue weighted by Crippen LogP contribution is 2.24. The zero-order chi connectivity index (χ0) is 9.45. The van der Waals surface area contributed by atoms with Crippen molar-refractivity contribution in [3.8, 4) is 0 Å². The topological polar surface area (TPSA) is 26.0 Å². The second-order valence-electron chi connectivity index (χ2n) is 2.74. The average Bonchev–Trinajstić information content (AvgIpc) is 2.04. The highest BCUT2D eigenvalue weighted by molar-refractivity contribution is 7.99. The molecule has 0 saturated carbocycles. The Bertz CT molecular complexity index is 109. The first-order valence-corrected chi connectivity index (χ1v) is 5.43. The molecule has 4 heteroatoms. The standard InChI is InChI=1S/C8H17F2NS/c1-2-8(9,10)5-3-4-6-12-7-11/h2-7,11H2,1H3. The molecule has 0 aliphatic carbocycles. The highest BCUT2D eigenvalue weighted by Gasteiger charge is 2.24. The van der Waals surface area contributed by atoms with Crippen LogP contribution in [-0.4, -0.2) is 17.6 Å². The fourth-order valence-corrected chi connectivity index (χ4v) is 1.42. The maximum Gasteiger partial charge on any atom is 0.247 e. The van der Waals surface area contributed by atoms with E-state index in [-0.39, 0.29) is 12.8 Å². The summed E-state index contributed by atoms with van der Waals surface area (Å²) >= 11 is 1.60. The average molecular weight is 197 g/mol. The molecule has 0 aromatic carbocycles. The van der Waals surface area contributed by atoms with Crippen molar-refractivity contribution in [1.82, 2.24) is 0 Å². The fraction of sp³-hybridized carbons (Fsp3) is 1.00. The number of halogens is 2. The molecule has 0 aromatic rings. The third-order valence-electron chi connectivity index (χ3n) is 1.72. The van der Waals surface area contributed by atoms with Gasteiger partial charge in [0.05, 0.1) is 0 Å². The molecule has 0 heterocycles. The first kappa shape index (κ1) is 12.2. The van der Waals surface area contributed by atoms with Crippen molar-refractivity contribution in [1.29, 1.82) is 0 Å². The molecule has 2 N–H and O–H groups in total. The van der Waals surface area contributed by atoms with Crippen LogP contribution in [0.1, 0.15) is 32.6 Å². The summed E-state index contributed by atoms with van der Waals surface area (Å²) in [7, 11) is 0. The monoisotopic (exact) mass is 197 g/mol. The molecule has 0 atom stereocenters. The van der Waals surface area contributed by atoms with Crippen molar-refractivity contribution in [2.45, 2.75) is 38.5 Å². The zero-order valence-electron chi connectivity index (χ0n) is 7.48. The van der Waals surface area contributed by atoms with Crippen molar-refractivity contribution in [3.63, 3.8) is 0 Å². The third kappa shape index (κ3) is 6.85. The summed E-state index contributed by atoms with van der Waals surface area (Å²) in [4.78, 5) is 0. The van der Waals surface area contributed by atoms with E-state index in [4.69, 9.17) is 5.73 Å². The van der Waals surface area contributed by atoms with Gasteiger partial charge in [-0.05, 0) is 18.6 Å². The van der Waals surface area contributed by atoms with Gasteiger partial charge in [0.15, 0.2) is 0 Å². The molecule has 0 aliphatic heterocycles. The molecule has 0 rings (SSSR count). The summed E-state index contributed by atoms with van der Waals surface area (Å²) in [6, 6.07) is 0. The third-order valence-corrected chi connectivity index (χ3v) is 2.53. The summed E-state index contributed by atoms with van der Waals surface area (Å²) in [6.07, 6.45) is 1.43. The van der Waals surface area contributed by atoms with E-state index in [1.54, 1.807) is 11.8 Å². The molecule has 0 aromatic heterocycles. The minimum absolute atomic E-state index is 0.0225. The number of rotatable bonds is 7. The molecule has 0 amide bonds. The summed E-state index contributed by atoms with van der Waals surface area (Å²) < 4.78 is 25.3. The van der Waals surface area contributed by atoms with Crippen LogP contribution in [0.5, 0.6) is 0 Å². The lowest BCUT2D eigenvalue weighted by Crippen LogP contribution is -2.13. The minimum atomic E-state index is -2.45. The molecule has 0 radical (unpaired) electrons.